The molecule has 78 valence electrons. The van der Waals surface area contributed by atoms with Gasteiger partial charge in [-0.05, 0) is 24.2 Å². The number of rotatable bonds is 4. The molecule has 1 aromatic carbocycles. The van der Waals surface area contributed by atoms with Crippen LogP contribution in [0, 0.1) is 0 Å². The van der Waals surface area contributed by atoms with Gasteiger partial charge in [-0.2, -0.15) is 0 Å². The van der Waals surface area contributed by atoms with Crippen molar-refractivity contribution < 1.29 is 9.46 Å². The van der Waals surface area contributed by atoms with Crippen molar-refractivity contribution in [3.63, 3.8) is 0 Å². The summed E-state index contributed by atoms with van der Waals surface area (Å²) in [5.74, 6) is -0.0522. The smallest absolute Gasteiger partial charge is 0.189 e. The van der Waals surface area contributed by atoms with Crippen LogP contribution in [-0.4, -0.2) is 17.6 Å². The topological polar surface area (TPSA) is 63.3 Å². The van der Waals surface area contributed by atoms with Crippen molar-refractivity contribution in [3.05, 3.63) is 34.9 Å². The van der Waals surface area contributed by atoms with Crippen molar-refractivity contribution in [2.45, 2.75) is 5.92 Å². The molecule has 0 aromatic heterocycles. The third kappa shape index (κ3) is 3.43. The summed E-state index contributed by atoms with van der Waals surface area (Å²) < 4.78 is 10.7. The quantitative estimate of drug-likeness (QED) is 0.780. The summed E-state index contributed by atoms with van der Waals surface area (Å²) in [5, 5.41) is 0.654. The molecule has 0 fully saturated rings. The Kier molecular flexibility index (Phi) is 4.63. The maximum Gasteiger partial charge on any atom is 0.189 e. The molecule has 14 heavy (non-hydrogen) atoms. The average molecular weight is 234 g/mol. The highest BCUT2D eigenvalue weighted by Crippen LogP contribution is 2.26. The zero-order valence-electron chi connectivity index (χ0n) is 7.61. The molecule has 0 saturated heterocycles. The number of benzene rings is 1. The van der Waals surface area contributed by atoms with Gasteiger partial charge in [-0.3, -0.25) is 4.57 Å². The van der Waals surface area contributed by atoms with E-state index >= 15 is 0 Å². The fraction of sp³-hybridized carbons (Fsp3) is 0.333. The van der Waals surface area contributed by atoms with Crippen LogP contribution in [0.4, 0.5) is 0 Å². The maximum atomic E-state index is 10.7. The Bertz CT molecular complexity index is 315. The largest absolute Gasteiger partial charge is 0.346 e. The summed E-state index contributed by atoms with van der Waals surface area (Å²) in [7, 11) is -2.47. The van der Waals surface area contributed by atoms with Crippen molar-refractivity contribution in [3.8, 4) is 0 Å². The summed E-state index contributed by atoms with van der Waals surface area (Å²) in [6.07, 6.45) is 0.239. The first kappa shape index (κ1) is 11.7. The average Bonchev–Trinajstić information content (AvgIpc) is 2.15. The van der Waals surface area contributed by atoms with Crippen LogP contribution in [0.1, 0.15) is 11.5 Å². The molecule has 0 aliphatic rings. The minimum absolute atomic E-state index is 0.0522. The molecule has 0 radical (unpaired) electrons. The lowest BCUT2D eigenvalue weighted by Gasteiger charge is -2.12. The SMILES string of the molecule is NCC(C[PH](=O)O)c1ccc(Cl)cc1. The molecule has 3 N–H and O–H groups in total. The van der Waals surface area contributed by atoms with E-state index in [1.54, 1.807) is 12.1 Å². The van der Waals surface area contributed by atoms with Gasteiger partial charge in [0, 0.05) is 17.1 Å². The first-order valence-corrected chi connectivity index (χ1v) is 6.25. The van der Waals surface area contributed by atoms with Crippen LogP contribution < -0.4 is 5.73 Å². The highest BCUT2D eigenvalue weighted by molar-refractivity contribution is 7.38. The van der Waals surface area contributed by atoms with Crippen LogP contribution in [-0.2, 0) is 4.57 Å². The fourth-order valence-corrected chi connectivity index (χ4v) is 2.23. The predicted molar refractivity (Wildman–Crippen MR) is 59.3 cm³/mol. The monoisotopic (exact) mass is 233 g/mol. The standard InChI is InChI=1S/C9H13ClNO2P/c10-9-3-1-7(2-4-9)8(5-11)6-14(12)13/h1-4,8,14H,5-6,11H2,(H,12,13). The van der Waals surface area contributed by atoms with Crippen molar-refractivity contribution >= 4 is 19.6 Å². The minimum atomic E-state index is -2.47. The van der Waals surface area contributed by atoms with Crippen LogP contribution in [0.2, 0.25) is 5.02 Å². The van der Waals surface area contributed by atoms with E-state index in [4.69, 9.17) is 22.2 Å². The first-order chi connectivity index (χ1) is 6.63. The number of hydrogen-bond donors (Lipinski definition) is 2. The molecular formula is C9H13ClNO2P. The molecule has 0 aliphatic heterocycles. The van der Waals surface area contributed by atoms with E-state index in [9.17, 15) is 4.57 Å². The molecule has 0 spiro atoms. The Hall–Kier alpha value is -0.340. The minimum Gasteiger partial charge on any atom is -0.346 e. The lowest BCUT2D eigenvalue weighted by atomic mass is 10.0. The molecule has 0 aliphatic carbocycles. The fourth-order valence-electron chi connectivity index (χ4n) is 1.28. The summed E-state index contributed by atoms with van der Waals surface area (Å²) in [6.45, 7) is 0.374. The van der Waals surface area contributed by atoms with E-state index in [0.717, 1.165) is 5.56 Å². The number of halogens is 1. The van der Waals surface area contributed by atoms with Gasteiger partial charge in [-0.1, -0.05) is 23.7 Å². The van der Waals surface area contributed by atoms with Gasteiger partial charge >= 0.3 is 0 Å². The second-order valence-corrected chi connectivity index (χ2v) is 4.71. The zero-order chi connectivity index (χ0) is 10.6. The highest BCUT2D eigenvalue weighted by atomic mass is 35.5. The molecule has 2 atom stereocenters. The Labute approximate surface area is 88.8 Å². The Morgan fingerprint density at radius 1 is 1.43 bits per heavy atom. The maximum absolute atomic E-state index is 10.7. The number of hydrogen-bond acceptors (Lipinski definition) is 2. The van der Waals surface area contributed by atoms with Gasteiger partial charge in [0.05, 0.1) is 0 Å². The molecule has 1 aromatic rings. The van der Waals surface area contributed by atoms with Crippen molar-refractivity contribution in [1.82, 2.24) is 0 Å². The third-order valence-corrected chi connectivity index (χ3v) is 3.14. The van der Waals surface area contributed by atoms with Gasteiger partial charge in [-0.25, -0.2) is 0 Å². The number of nitrogens with two attached hydrogens (primary N) is 1. The summed E-state index contributed by atoms with van der Waals surface area (Å²) >= 11 is 5.73. The Balaban J connectivity index is 2.78. The van der Waals surface area contributed by atoms with Gasteiger partial charge in [0.25, 0.3) is 0 Å². The predicted octanol–water partition coefficient (Wildman–Crippen LogP) is 1.85. The van der Waals surface area contributed by atoms with Gasteiger partial charge < -0.3 is 10.6 Å². The second kappa shape index (κ2) is 5.52. The molecular weight excluding hydrogens is 221 g/mol. The summed E-state index contributed by atoms with van der Waals surface area (Å²) in [4.78, 5) is 8.83. The lowest BCUT2D eigenvalue weighted by molar-refractivity contribution is 0.497. The zero-order valence-corrected chi connectivity index (χ0v) is 9.37. The van der Waals surface area contributed by atoms with Crippen LogP contribution in [0.25, 0.3) is 0 Å². The van der Waals surface area contributed by atoms with Crippen LogP contribution in [0.15, 0.2) is 24.3 Å². The van der Waals surface area contributed by atoms with E-state index in [-0.39, 0.29) is 12.1 Å². The van der Waals surface area contributed by atoms with Crippen LogP contribution >= 0.6 is 19.6 Å². The van der Waals surface area contributed by atoms with E-state index in [2.05, 4.69) is 0 Å². The lowest BCUT2D eigenvalue weighted by Crippen LogP contribution is -2.14. The van der Waals surface area contributed by atoms with Crippen molar-refractivity contribution in [2.24, 2.45) is 5.73 Å². The second-order valence-electron chi connectivity index (χ2n) is 3.08. The third-order valence-electron chi connectivity index (χ3n) is 2.05. The van der Waals surface area contributed by atoms with Gasteiger partial charge in [-0.15, -0.1) is 0 Å². The Morgan fingerprint density at radius 3 is 2.43 bits per heavy atom. The van der Waals surface area contributed by atoms with Gasteiger partial charge in [0.15, 0.2) is 8.03 Å². The normalized spacial score (nSPS) is 15.1. The van der Waals surface area contributed by atoms with E-state index < -0.39 is 8.03 Å². The Morgan fingerprint density at radius 2 is 2.00 bits per heavy atom. The van der Waals surface area contributed by atoms with E-state index in [1.807, 2.05) is 12.1 Å². The van der Waals surface area contributed by atoms with Crippen molar-refractivity contribution in [2.75, 3.05) is 12.7 Å². The van der Waals surface area contributed by atoms with Gasteiger partial charge in [0.1, 0.15) is 0 Å². The van der Waals surface area contributed by atoms with E-state index in [0.29, 0.717) is 11.6 Å². The van der Waals surface area contributed by atoms with E-state index in [1.165, 1.54) is 0 Å². The summed E-state index contributed by atoms with van der Waals surface area (Å²) in [6, 6.07) is 7.19. The highest BCUT2D eigenvalue weighted by Gasteiger charge is 2.11. The molecule has 0 saturated carbocycles. The molecule has 2 unspecified atom stereocenters. The molecule has 1 rings (SSSR count). The molecule has 5 heteroatoms. The van der Waals surface area contributed by atoms with Crippen LogP contribution in [0.3, 0.4) is 0 Å². The molecule has 0 bridgehead atoms. The molecule has 3 nitrogen and oxygen atoms in total. The van der Waals surface area contributed by atoms with Gasteiger partial charge in [0.2, 0.25) is 0 Å². The molecule has 0 amide bonds. The summed E-state index contributed by atoms with van der Waals surface area (Å²) in [5.41, 5.74) is 6.49. The molecule has 0 heterocycles. The first-order valence-electron chi connectivity index (χ1n) is 4.31. The van der Waals surface area contributed by atoms with Crippen LogP contribution in [0.5, 0.6) is 0 Å². The van der Waals surface area contributed by atoms with Crippen molar-refractivity contribution in [1.29, 1.82) is 0 Å².